The number of hydrogen-bond donors (Lipinski definition) is 1. The molecule has 0 saturated heterocycles. The number of hydrogen-bond acceptors (Lipinski definition) is 5. The second kappa shape index (κ2) is 7.31. The average molecular weight is 338 g/mol. The van der Waals surface area contributed by atoms with Gasteiger partial charge in [0.15, 0.2) is 5.13 Å². The lowest BCUT2D eigenvalue weighted by Gasteiger charge is -2.02. The fraction of sp³-hybridized carbons (Fsp3) is 0.222. The Hall–Kier alpha value is -2.60. The van der Waals surface area contributed by atoms with Crippen molar-refractivity contribution in [3.63, 3.8) is 0 Å². The number of nitrogens with zero attached hydrogens (tertiary/aromatic N) is 3. The Morgan fingerprint density at radius 1 is 1.17 bits per heavy atom. The van der Waals surface area contributed by atoms with Crippen molar-refractivity contribution in [1.29, 1.82) is 0 Å². The smallest absolute Gasteiger partial charge is 0.277 e. The van der Waals surface area contributed by atoms with Crippen molar-refractivity contribution in [1.82, 2.24) is 15.0 Å². The molecule has 1 aromatic carbocycles. The van der Waals surface area contributed by atoms with Gasteiger partial charge in [0.05, 0.1) is 17.6 Å². The second-order valence-electron chi connectivity index (χ2n) is 5.48. The van der Waals surface area contributed by atoms with Gasteiger partial charge in [-0.15, -0.1) is 11.3 Å². The van der Waals surface area contributed by atoms with Crippen LogP contribution >= 0.6 is 11.3 Å². The highest BCUT2D eigenvalue weighted by atomic mass is 32.1. The van der Waals surface area contributed by atoms with E-state index in [0.717, 1.165) is 29.8 Å². The van der Waals surface area contributed by atoms with Gasteiger partial charge in [0, 0.05) is 17.1 Å². The topological polar surface area (TPSA) is 67.8 Å². The molecule has 6 heteroatoms. The Morgan fingerprint density at radius 3 is 2.62 bits per heavy atom. The van der Waals surface area contributed by atoms with Crippen molar-refractivity contribution in [3.8, 4) is 11.3 Å². The van der Waals surface area contributed by atoms with Crippen molar-refractivity contribution in [2.45, 2.75) is 26.7 Å². The highest BCUT2D eigenvalue weighted by molar-refractivity contribution is 7.14. The van der Waals surface area contributed by atoms with Crippen LogP contribution in [0.25, 0.3) is 11.3 Å². The van der Waals surface area contributed by atoms with Crippen molar-refractivity contribution < 1.29 is 4.79 Å². The van der Waals surface area contributed by atoms with Gasteiger partial charge < -0.3 is 0 Å². The molecule has 0 aliphatic carbocycles. The predicted molar refractivity (Wildman–Crippen MR) is 96.3 cm³/mol. The minimum Gasteiger partial charge on any atom is -0.296 e. The predicted octanol–water partition coefficient (Wildman–Crippen LogP) is 4.11. The maximum atomic E-state index is 12.1. The van der Waals surface area contributed by atoms with E-state index in [0.29, 0.717) is 5.13 Å². The van der Waals surface area contributed by atoms with E-state index in [1.807, 2.05) is 12.3 Å². The Labute approximate surface area is 144 Å². The summed E-state index contributed by atoms with van der Waals surface area (Å²) in [5.41, 5.74) is 4.27. The lowest BCUT2D eigenvalue weighted by molar-refractivity contribution is 0.102. The number of benzene rings is 1. The summed E-state index contributed by atoms with van der Waals surface area (Å²) >= 11 is 1.39. The van der Waals surface area contributed by atoms with Gasteiger partial charge in [-0.1, -0.05) is 37.6 Å². The number of thiazole rings is 1. The van der Waals surface area contributed by atoms with Crippen molar-refractivity contribution in [2.24, 2.45) is 0 Å². The van der Waals surface area contributed by atoms with Gasteiger partial charge in [0.25, 0.3) is 5.91 Å². The number of carbonyl (C=O) groups excluding carboxylic acids is 1. The summed E-state index contributed by atoms with van der Waals surface area (Å²) in [5, 5.41) is 5.25. The summed E-state index contributed by atoms with van der Waals surface area (Å²) in [6, 6.07) is 8.38. The largest absolute Gasteiger partial charge is 0.296 e. The number of carbonyl (C=O) groups is 1. The molecule has 24 heavy (non-hydrogen) atoms. The zero-order valence-electron chi connectivity index (χ0n) is 13.6. The molecule has 2 aromatic heterocycles. The first-order chi connectivity index (χ1) is 11.7. The summed E-state index contributed by atoms with van der Waals surface area (Å²) in [5.74, 6) is -0.304. The van der Waals surface area contributed by atoms with E-state index in [2.05, 4.69) is 51.5 Å². The van der Waals surface area contributed by atoms with E-state index >= 15 is 0 Å². The molecule has 3 aromatic rings. The zero-order valence-corrected chi connectivity index (χ0v) is 14.4. The van der Waals surface area contributed by atoms with Gasteiger partial charge in [0.2, 0.25) is 0 Å². The average Bonchev–Trinajstić information content (AvgIpc) is 3.05. The van der Waals surface area contributed by atoms with E-state index in [4.69, 9.17) is 0 Å². The minimum absolute atomic E-state index is 0.279. The highest BCUT2D eigenvalue weighted by Crippen LogP contribution is 2.25. The van der Waals surface area contributed by atoms with E-state index < -0.39 is 0 Å². The summed E-state index contributed by atoms with van der Waals surface area (Å²) in [7, 11) is 0. The third-order valence-electron chi connectivity index (χ3n) is 3.53. The van der Waals surface area contributed by atoms with Crippen LogP contribution in [-0.4, -0.2) is 20.9 Å². The normalized spacial score (nSPS) is 10.6. The van der Waals surface area contributed by atoms with E-state index in [1.54, 1.807) is 6.20 Å². The first-order valence-corrected chi connectivity index (χ1v) is 8.68. The number of aromatic nitrogens is 3. The number of rotatable bonds is 5. The molecule has 0 bridgehead atoms. The van der Waals surface area contributed by atoms with Crippen LogP contribution in [0.5, 0.6) is 0 Å². The molecule has 3 rings (SSSR count). The van der Waals surface area contributed by atoms with E-state index in [9.17, 15) is 4.79 Å². The molecule has 1 N–H and O–H groups in total. The Morgan fingerprint density at radius 2 is 1.96 bits per heavy atom. The van der Waals surface area contributed by atoms with Gasteiger partial charge in [-0.25, -0.2) is 9.97 Å². The first kappa shape index (κ1) is 16.3. The van der Waals surface area contributed by atoms with Crippen LogP contribution in [0.4, 0.5) is 5.13 Å². The number of nitrogens with one attached hydrogen (secondary N) is 1. The molecule has 0 atom stereocenters. The van der Waals surface area contributed by atoms with Crippen molar-refractivity contribution in [3.05, 3.63) is 59.0 Å². The number of aryl methyl sites for hydroxylation is 2. The van der Waals surface area contributed by atoms with E-state index in [1.165, 1.54) is 23.1 Å². The van der Waals surface area contributed by atoms with Crippen LogP contribution in [0, 0.1) is 6.92 Å². The molecule has 0 aliphatic heterocycles. The van der Waals surface area contributed by atoms with Gasteiger partial charge in [0.1, 0.15) is 5.69 Å². The molecule has 0 saturated carbocycles. The fourth-order valence-corrected chi connectivity index (χ4v) is 2.98. The van der Waals surface area contributed by atoms with Crippen molar-refractivity contribution >= 4 is 22.4 Å². The molecule has 0 aliphatic rings. The molecule has 0 unspecified atom stereocenters. The summed E-state index contributed by atoms with van der Waals surface area (Å²) in [6.07, 6.45) is 5.25. The lowest BCUT2D eigenvalue weighted by atomic mass is 10.1. The standard InChI is InChI=1S/C18H18N4OS/c1-3-4-13-5-7-14(8-6-13)16-11-24-18(21-16)22-17(23)15-10-19-12(2)9-20-15/h5-11H,3-4H2,1-2H3,(H,21,22,23). The summed E-state index contributed by atoms with van der Waals surface area (Å²) in [6.45, 7) is 4.00. The zero-order chi connectivity index (χ0) is 16.9. The first-order valence-electron chi connectivity index (χ1n) is 7.80. The molecule has 0 radical (unpaired) electrons. The molecule has 0 fully saturated rings. The molecule has 1 amide bonds. The maximum Gasteiger partial charge on any atom is 0.277 e. The van der Waals surface area contributed by atoms with Gasteiger partial charge >= 0.3 is 0 Å². The van der Waals surface area contributed by atoms with Crippen LogP contribution in [-0.2, 0) is 6.42 Å². The minimum atomic E-state index is -0.304. The second-order valence-corrected chi connectivity index (χ2v) is 6.34. The molecule has 0 spiro atoms. The van der Waals surface area contributed by atoms with Crippen LogP contribution < -0.4 is 5.32 Å². The molecule has 2 heterocycles. The Bertz CT molecular complexity index is 825. The highest BCUT2D eigenvalue weighted by Gasteiger charge is 2.11. The molecule has 5 nitrogen and oxygen atoms in total. The number of amides is 1. The van der Waals surface area contributed by atoms with Crippen LogP contribution in [0.1, 0.15) is 35.1 Å². The molecular weight excluding hydrogens is 320 g/mol. The maximum absolute atomic E-state index is 12.1. The fourth-order valence-electron chi connectivity index (χ4n) is 2.27. The molecule has 122 valence electrons. The van der Waals surface area contributed by atoms with Crippen molar-refractivity contribution in [2.75, 3.05) is 5.32 Å². The molecular formula is C18H18N4OS. The van der Waals surface area contributed by atoms with E-state index in [-0.39, 0.29) is 11.6 Å². The van der Waals surface area contributed by atoms with Gasteiger partial charge in [-0.05, 0) is 18.9 Å². The summed E-state index contributed by atoms with van der Waals surface area (Å²) in [4.78, 5) is 24.8. The third-order valence-corrected chi connectivity index (χ3v) is 4.28. The van der Waals surface area contributed by atoms with Gasteiger partial charge in [-0.2, -0.15) is 0 Å². The monoisotopic (exact) mass is 338 g/mol. The van der Waals surface area contributed by atoms with Gasteiger partial charge in [-0.3, -0.25) is 15.1 Å². The van der Waals surface area contributed by atoms with Crippen LogP contribution in [0.2, 0.25) is 0 Å². The Balaban J connectivity index is 1.71. The Kier molecular flexibility index (Phi) is 4.96. The third kappa shape index (κ3) is 3.83. The SMILES string of the molecule is CCCc1ccc(-c2csc(NC(=O)c3cnc(C)cn3)n2)cc1. The van der Waals surface area contributed by atoms with Crippen LogP contribution in [0.3, 0.4) is 0 Å². The quantitative estimate of drug-likeness (QED) is 0.760. The van der Waals surface area contributed by atoms with Crippen LogP contribution in [0.15, 0.2) is 42.0 Å². The lowest BCUT2D eigenvalue weighted by Crippen LogP contribution is -2.13. The number of anilines is 1. The summed E-state index contributed by atoms with van der Waals surface area (Å²) < 4.78 is 0.